The molecule has 3 aliphatic rings. The number of piperidine rings is 1. The minimum absolute atomic E-state index is 0.515. The average molecular weight is 242 g/mol. The van der Waals surface area contributed by atoms with Crippen molar-refractivity contribution >= 4 is 0 Å². The van der Waals surface area contributed by atoms with Crippen molar-refractivity contribution in [2.24, 2.45) is 0 Å². The third-order valence-corrected chi connectivity index (χ3v) is 5.25. The summed E-state index contributed by atoms with van der Waals surface area (Å²) in [6, 6.07) is 10.6. The zero-order valence-corrected chi connectivity index (χ0v) is 10.9. The Kier molecular flexibility index (Phi) is 2.49. The summed E-state index contributed by atoms with van der Waals surface area (Å²) >= 11 is 0. The van der Waals surface area contributed by atoms with Crippen LogP contribution in [0.3, 0.4) is 0 Å². The molecule has 1 aliphatic heterocycles. The molecule has 2 atom stereocenters. The van der Waals surface area contributed by atoms with Gasteiger partial charge in [0.15, 0.2) is 0 Å². The molecule has 2 unspecified atom stereocenters. The summed E-state index contributed by atoms with van der Waals surface area (Å²) in [4.78, 5) is 0. The van der Waals surface area contributed by atoms with Crippen molar-refractivity contribution in [1.82, 2.24) is 10.6 Å². The van der Waals surface area contributed by atoms with Gasteiger partial charge in [0.2, 0.25) is 0 Å². The highest BCUT2D eigenvalue weighted by atomic mass is 15.1. The molecule has 0 bridgehead atoms. The fourth-order valence-corrected chi connectivity index (χ4v) is 4.09. The van der Waals surface area contributed by atoms with E-state index in [1.54, 1.807) is 11.1 Å². The highest BCUT2D eigenvalue weighted by Gasteiger charge is 2.58. The van der Waals surface area contributed by atoms with Crippen LogP contribution < -0.4 is 10.6 Å². The monoisotopic (exact) mass is 242 g/mol. The van der Waals surface area contributed by atoms with Gasteiger partial charge in [0.1, 0.15) is 0 Å². The van der Waals surface area contributed by atoms with E-state index in [4.69, 9.17) is 0 Å². The third kappa shape index (κ3) is 1.63. The molecular weight excluding hydrogens is 220 g/mol. The molecule has 0 radical (unpaired) electrons. The summed E-state index contributed by atoms with van der Waals surface area (Å²) in [6.45, 7) is 2.38. The molecule has 4 rings (SSSR count). The molecule has 2 heteroatoms. The largest absolute Gasteiger partial charge is 0.317 e. The lowest BCUT2D eigenvalue weighted by atomic mass is 9.97. The Morgan fingerprint density at radius 1 is 1.17 bits per heavy atom. The van der Waals surface area contributed by atoms with Crippen molar-refractivity contribution in [3.05, 3.63) is 35.4 Å². The Labute approximate surface area is 109 Å². The van der Waals surface area contributed by atoms with E-state index < -0.39 is 0 Å². The van der Waals surface area contributed by atoms with Crippen LogP contribution in [0.15, 0.2) is 24.3 Å². The molecule has 96 valence electrons. The second kappa shape index (κ2) is 4.07. The molecule has 2 N–H and O–H groups in total. The van der Waals surface area contributed by atoms with E-state index in [9.17, 15) is 0 Å². The molecule has 1 saturated heterocycles. The Bertz CT molecular complexity index is 450. The van der Waals surface area contributed by atoms with Crippen LogP contribution in [0.2, 0.25) is 0 Å². The average Bonchev–Trinajstić information content (AvgIpc) is 2.98. The molecule has 2 aliphatic carbocycles. The summed E-state index contributed by atoms with van der Waals surface area (Å²) in [5, 5.41) is 7.37. The summed E-state index contributed by atoms with van der Waals surface area (Å²) in [6.07, 6.45) is 6.63. The summed E-state index contributed by atoms with van der Waals surface area (Å²) < 4.78 is 0. The van der Waals surface area contributed by atoms with E-state index in [0.29, 0.717) is 5.41 Å². The van der Waals surface area contributed by atoms with Crippen LogP contribution in [0.5, 0.6) is 0 Å². The maximum absolute atomic E-state index is 3.93. The first-order chi connectivity index (χ1) is 8.88. The second-order valence-electron chi connectivity index (χ2n) is 6.26. The molecule has 1 spiro atoms. The number of nitrogens with one attached hydrogen (secondary N) is 2. The van der Waals surface area contributed by atoms with Crippen LogP contribution in [0, 0.1) is 0 Å². The SMILES string of the molecule is c1ccc2c(c1)CCC21CC1NC1CCNCC1. The minimum Gasteiger partial charge on any atom is -0.317 e. The van der Waals surface area contributed by atoms with Gasteiger partial charge >= 0.3 is 0 Å². The van der Waals surface area contributed by atoms with Gasteiger partial charge in [-0.25, -0.2) is 0 Å². The summed E-state index contributed by atoms with van der Waals surface area (Å²) in [5.74, 6) is 0. The first kappa shape index (κ1) is 11.0. The number of hydrogen-bond acceptors (Lipinski definition) is 2. The van der Waals surface area contributed by atoms with Crippen molar-refractivity contribution in [3.63, 3.8) is 0 Å². The standard InChI is InChI=1S/C16H22N2/c1-2-4-14-12(3-1)5-8-16(14)11-15(16)18-13-6-9-17-10-7-13/h1-4,13,15,17-18H,5-11H2. The Hall–Kier alpha value is -0.860. The van der Waals surface area contributed by atoms with Gasteiger partial charge < -0.3 is 10.6 Å². The molecule has 0 amide bonds. The lowest BCUT2D eigenvalue weighted by Gasteiger charge is -2.25. The van der Waals surface area contributed by atoms with Gasteiger partial charge in [-0.3, -0.25) is 0 Å². The zero-order chi connectivity index (χ0) is 12.0. The smallest absolute Gasteiger partial charge is 0.0176 e. The first-order valence-corrected chi connectivity index (χ1v) is 7.44. The number of benzene rings is 1. The molecule has 1 saturated carbocycles. The molecule has 1 aromatic carbocycles. The van der Waals surface area contributed by atoms with Crippen LogP contribution in [-0.4, -0.2) is 25.2 Å². The number of aryl methyl sites for hydroxylation is 1. The van der Waals surface area contributed by atoms with E-state index in [0.717, 1.165) is 12.1 Å². The third-order valence-electron chi connectivity index (χ3n) is 5.25. The Morgan fingerprint density at radius 2 is 2.00 bits per heavy atom. The fourth-order valence-electron chi connectivity index (χ4n) is 4.09. The normalized spacial score (nSPS) is 34.8. The van der Waals surface area contributed by atoms with Gasteiger partial charge in [0.25, 0.3) is 0 Å². The number of rotatable bonds is 2. The quantitative estimate of drug-likeness (QED) is 0.828. The maximum atomic E-state index is 3.93. The van der Waals surface area contributed by atoms with Crippen molar-refractivity contribution in [1.29, 1.82) is 0 Å². The lowest BCUT2D eigenvalue weighted by molar-refractivity contribution is 0.373. The van der Waals surface area contributed by atoms with Gasteiger partial charge in [-0.15, -0.1) is 0 Å². The van der Waals surface area contributed by atoms with Gasteiger partial charge in [0.05, 0.1) is 0 Å². The highest BCUT2D eigenvalue weighted by molar-refractivity contribution is 5.46. The fraction of sp³-hybridized carbons (Fsp3) is 0.625. The molecule has 2 nitrogen and oxygen atoms in total. The van der Waals surface area contributed by atoms with Crippen LogP contribution in [0.25, 0.3) is 0 Å². The van der Waals surface area contributed by atoms with E-state index >= 15 is 0 Å². The van der Waals surface area contributed by atoms with Gasteiger partial charge in [-0.2, -0.15) is 0 Å². The molecule has 2 fully saturated rings. The molecule has 1 aromatic rings. The second-order valence-corrected chi connectivity index (χ2v) is 6.26. The van der Waals surface area contributed by atoms with Crippen LogP contribution >= 0.6 is 0 Å². The molecular formula is C16H22N2. The lowest BCUT2D eigenvalue weighted by Crippen LogP contribution is -2.42. The number of hydrogen-bond donors (Lipinski definition) is 2. The van der Waals surface area contributed by atoms with Crippen molar-refractivity contribution < 1.29 is 0 Å². The van der Waals surface area contributed by atoms with Crippen LogP contribution in [-0.2, 0) is 11.8 Å². The van der Waals surface area contributed by atoms with Gasteiger partial charge in [-0.1, -0.05) is 24.3 Å². The van der Waals surface area contributed by atoms with Crippen LogP contribution in [0.4, 0.5) is 0 Å². The number of fused-ring (bicyclic) bond motifs is 2. The first-order valence-electron chi connectivity index (χ1n) is 7.44. The maximum Gasteiger partial charge on any atom is 0.0176 e. The molecule has 1 heterocycles. The zero-order valence-electron chi connectivity index (χ0n) is 10.9. The van der Waals surface area contributed by atoms with E-state index in [1.807, 2.05) is 0 Å². The topological polar surface area (TPSA) is 24.1 Å². The molecule has 0 aromatic heterocycles. The molecule has 18 heavy (non-hydrogen) atoms. The predicted molar refractivity (Wildman–Crippen MR) is 73.9 cm³/mol. The predicted octanol–water partition coefficient (Wildman–Crippen LogP) is 1.98. The van der Waals surface area contributed by atoms with Crippen molar-refractivity contribution in [2.75, 3.05) is 13.1 Å². The van der Waals surface area contributed by atoms with E-state index in [1.165, 1.54) is 45.2 Å². The highest BCUT2D eigenvalue weighted by Crippen LogP contribution is 2.56. The van der Waals surface area contributed by atoms with Gasteiger partial charge in [-0.05, 0) is 56.3 Å². The van der Waals surface area contributed by atoms with Gasteiger partial charge in [0, 0.05) is 17.5 Å². The van der Waals surface area contributed by atoms with E-state index in [-0.39, 0.29) is 0 Å². The van der Waals surface area contributed by atoms with Crippen molar-refractivity contribution in [3.8, 4) is 0 Å². The van der Waals surface area contributed by atoms with Crippen LogP contribution in [0.1, 0.15) is 36.8 Å². The Morgan fingerprint density at radius 3 is 2.89 bits per heavy atom. The van der Waals surface area contributed by atoms with Crippen molar-refractivity contribution in [2.45, 2.75) is 49.6 Å². The Balaban J connectivity index is 1.49. The summed E-state index contributed by atoms with van der Waals surface area (Å²) in [5.41, 5.74) is 3.77. The summed E-state index contributed by atoms with van der Waals surface area (Å²) in [7, 11) is 0. The minimum atomic E-state index is 0.515. The van der Waals surface area contributed by atoms with E-state index in [2.05, 4.69) is 34.9 Å².